The van der Waals surface area contributed by atoms with Gasteiger partial charge in [0.2, 0.25) is 0 Å². The summed E-state index contributed by atoms with van der Waals surface area (Å²) in [6.07, 6.45) is 14.9. The van der Waals surface area contributed by atoms with E-state index in [4.69, 9.17) is 28.4 Å². The lowest BCUT2D eigenvalue weighted by Gasteiger charge is -2.30. The lowest BCUT2D eigenvalue weighted by molar-refractivity contribution is -0.152. The van der Waals surface area contributed by atoms with Crippen molar-refractivity contribution >= 4 is 5.97 Å². The van der Waals surface area contributed by atoms with E-state index in [2.05, 4.69) is 13.0 Å². The molecule has 12 nitrogen and oxygen atoms in total. The predicted molar refractivity (Wildman–Crippen MR) is 221 cm³/mol. The Kier molecular flexibility index (Phi) is 22.7. The molecule has 12 heteroatoms. The molecule has 0 radical (unpaired) electrons. The second-order valence-corrected chi connectivity index (χ2v) is 15.6. The second kappa shape index (κ2) is 25.7. The van der Waals surface area contributed by atoms with Crippen LogP contribution in [0.3, 0.4) is 0 Å². The topological polar surface area (TPSA) is 177 Å². The fraction of sp³-hybridized carbons (Fsp3) is 0.667. The lowest BCUT2D eigenvalue weighted by Crippen LogP contribution is -2.43. The van der Waals surface area contributed by atoms with Gasteiger partial charge in [0, 0.05) is 40.4 Å². The molecule has 1 saturated heterocycles. The van der Waals surface area contributed by atoms with Gasteiger partial charge in [0.25, 0.3) is 0 Å². The van der Waals surface area contributed by atoms with Gasteiger partial charge in [-0.15, -0.1) is 0 Å². The van der Waals surface area contributed by atoms with Crippen LogP contribution in [0.5, 0.6) is 0 Å². The van der Waals surface area contributed by atoms with Gasteiger partial charge in [0.1, 0.15) is 42.2 Å². The molecular weight excluding hydrogens is 732 g/mol. The van der Waals surface area contributed by atoms with E-state index in [-0.39, 0.29) is 12.3 Å². The number of epoxide rings is 1. The number of ether oxygens (including phenoxy) is 6. The number of hydrogen-bond donors (Lipinski definition) is 5. The molecule has 0 amide bonds. The summed E-state index contributed by atoms with van der Waals surface area (Å²) in [7, 11) is 5.99. The number of carbonyl (C=O) groups excluding carboxylic acids is 1. The molecule has 5 N–H and O–H groups in total. The van der Waals surface area contributed by atoms with Crippen molar-refractivity contribution in [1.29, 1.82) is 0 Å². The van der Waals surface area contributed by atoms with E-state index in [0.717, 1.165) is 30.4 Å². The molecule has 324 valence electrons. The van der Waals surface area contributed by atoms with Gasteiger partial charge in [-0.05, 0) is 58.4 Å². The van der Waals surface area contributed by atoms with Gasteiger partial charge >= 0.3 is 5.97 Å². The van der Waals surface area contributed by atoms with Crippen molar-refractivity contribution in [1.82, 2.24) is 0 Å². The van der Waals surface area contributed by atoms with E-state index in [9.17, 15) is 30.3 Å². The summed E-state index contributed by atoms with van der Waals surface area (Å²) in [6, 6.07) is 0. The van der Waals surface area contributed by atoms with Crippen LogP contribution >= 0.6 is 0 Å². The molecule has 0 aromatic heterocycles. The van der Waals surface area contributed by atoms with E-state index in [1.54, 1.807) is 56.6 Å². The summed E-state index contributed by atoms with van der Waals surface area (Å²) in [5, 5.41) is 55.0. The number of rotatable bonds is 12. The van der Waals surface area contributed by atoms with Crippen LogP contribution in [-0.4, -0.2) is 133 Å². The molecule has 0 saturated carbocycles. The average Bonchev–Trinajstić information content (AvgIpc) is 3.85. The van der Waals surface area contributed by atoms with Crippen molar-refractivity contribution in [3.8, 4) is 0 Å². The summed E-state index contributed by atoms with van der Waals surface area (Å²) in [4.78, 5) is 13.2. The highest BCUT2D eigenvalue weighted by atomic mass is 16.6. The summed E-state index contributed by atoms with van der Waals surface area (Å²) in [5.74, 6) is -0.927. The maximum atomic E-state index is 13.2. The van der Waals surface area contributed by atoms with Crippen LogP contribution in [0.25, 0.3) is 0 Å². The zero-order valence-corrected chi connectivity index (χ0v) is 35.8. The third-order valence-corrected chi connectivity index (χ3v) is 10.8. The fourth-order valence-electron chi connectivity index (χ4n) is 7.17. The van der Waals surface area contributed by atoms with Crippen molar-refractivity contribution in [2.45, 2.75) is 153 Å². The van der Waals surface area contributed by atoms with Crippen molar-refractivity contribution in [2.75, 3.05) is 28.4 Å². The summed E-state index contributed by atoms with van der Waals surface area (Å²) < 4.78 is 34.1. The molecule has 14 atom stereocenters. The highest BCUT2D eigenvalue weighted by Gasteiger charge is 2.61. The Bertz CT molecular complexity index is 1400. The monoisotopic (exact) mass is 805 g/mol. The molecule has 2 aliphatic heterocycles. The van der Waals surface area contributed by atoms with Crippen LogP contribution in [0.1, 0.15) is 80.1 Å². The first kappa shape index (κ1) is 50.4. The van der Waals surface area contributed by atoms with Crippen LogP contribution in [0.2, 0.25) is 0 Å². The zero-order chi connectivity index (χ0) is 42.7. The average molecular weight is 805 g/mol. The molecule has 2 rings (SSSR count). The Hall–Kier alpha value is -2.75. The summed E-state index contributed by atoms with van der Waals surface area (Å²) in [6.45, 7) is 11.5. The van der Waals surface area contributed by atoms with Crippen molar-refractivity contribution in [2.24, 2.45) is 11.8 Å². The minimum absolute atomic E-state index is 0.111. The van der Waals surface area contributed by atoms with Crippen LogP contribution in [0.4, 0.5) is 0 Å². The number of hydrogen-bond acceptors (Lipinski definition) is 12. The van der Waals surface area contributed by atoms with Crippen LogP contribution in [0.15, 0.2) is 84.1 Å². The molecule has 1 unspecified atom stereocenters. The largest absolute Gasteiger partial charge is 0.452 e. The minimum atomic E-state index is -1.14. The maximum Gasteiger partial charge on any atom is 0.331 e. The molecule has 0 aromatic carbocycles. The van der Waals surface area contributed by atoms with Gasteiger partial charge in [0.05, 0.1) is 30.5 Å². The Morgan fingerprint density at radius 3 is 2.18 bits per heavy atom. The van der Waals surface area contributed by atoms with Gasteiger partial charge in [-0.2, -0.15) is 0 Å². The van der Waals surface area contributed by atoms with E-state index in [1.165, 1.54) is 33.5 Å². The Labute approximate surface area is 341 Å². The van der Waals surface area contributed by atoms with E-state index in [1.807, 2.05) is 39.8 Å². The number of esters is 1. The Morgan fingerprint density at radius 1 is 0.895 bits per heavy atom. The van der Waals surface area contributed by atoms with Gasteiger partial charge in [-0.1, -0.05) is 106 Å². The lowest BCUT2D eigenvalue weighted by atomic mass is 9.91. The number of aliphatic hydroxyl groups excluding tert-OH is 5. The van der Waals surface area contributed by atoms with Crippen LogP contribution < -0.4 is 0 Å². The summed E-state index contributed by atoms with van der Waals surface area (Å²) >= 11 is 0. The number of aliphatic hydroxyl groups is 5. The maximum absolute atomic E-state index is 13.2. The van der Waals surface area contributed by atoms with Gasteiger partial charge < -0.3 is 54.0 Å². The quantitative estimate of drug-likeness (QED) is 0.0987. The van der Waals surface area contributed by atoms with Crippen LogP contribution in [-0.2, 0) is 33.2 Å². The van der Waals surface area contributed by atoms with Crippen LogP contribution in [0, 0.1) is 11.8 Å². The van der Waals surface area contributed by atoms with Crippen molar-refractivity contribution in [3.05, 3.63) is 84.1 Å². The molecule has 0 spiro atoms. The SMILES string of the molecule is CCC[C@H](O)[C@@H](OC)[C@H]1O[C@]1(C)[C@@H](O)C/C=C/[C@@H]1OC(=O)/C=C/C=C/[C@@H](OC)[C@H](O)/C=C/C(C)=C/C(C)CCC[C@@H](OC)[C@H](O)/C=C/C(C)=C/[C@@H](C)[C@H](O)[C@H]1OC. The highest BCUT2D eigenvalue weighted by Crippen LogP contribution is 2.44. The fourth-order valence-corrected chi connectivity index (χ4v) is 7.17. The van der Waals surface area contributed by atoms with Crippen molar-refractivity contribution < 1.29 is 58.7 Å². The molecule has 2 aliphatic rings. The Morgan fingerprint density at radius 2 is 1.56 bits per heavy atom. The minimum Gasteiger partial charge on any atom is -0.452 e. The van der Waals surface area contributed by atoms with Gasteiger partial charge in [-0.3, -0.25) is 0 Å². The smallest absolute Gasteiger partial charge is 0.331 e. The van der Waals surface area contributed by atoms with Gasteiger partial charge in [0.15, 0.2) is 0 Å². The number of cyclic esters (lactones) is 1. The third-order valence-electron chi connectivity index (χ3n) is 10.8. The first-order valence-corrected chi connectivity index (χ1v) is 20.2. The van der Waals surface area contributed by atoms with E-state index >= 15 is 0 Å². The summed E-state index contributed by atoms with van der Waals surface area (Å²) in [5.41, 5.74) is 0.821. The molecule has 0 bridgehead atoms. The molecule has 57 heavy (non-hydrogen) atoms. The number of carbonyl (C=O) groups is 1. The number of methoxy groups -OCH3 is 4. The molecule has 2 heterocycles. The first-order valence-electron chi connectivity index (χ1n) is 20.2. The molecule has 0 aliphatic carbocycles. The second-order valence-electron chi connectivity index (χ2n) is 15.6. The normalized spacial score (nSPS) is 38.8. The Balaban J connectivity index is 2.42. The predicted octanol–water partition coefficient (Wildman–Crippen LogP) is 5.24. The van der Waals surface area contributed by atoms with E-state index in [0.29, 0.717) is 12.8 Å². The highest BCUT2D eigenvalue weighted by molar-refractivity contribution is 5.82. The van der Waals surface area contributed by atoms with E-state index < -0.39 is 84.6 Å². The zero-order valence-electron chi connectivity index (χ0n) is 35.8. The first-order chi connectivity index (χ1) is 27.1. The molecule has 0 aromatic rings. The van der Waals surface area contributed by atoms with Crippen molar-refractivity contribution in [3.63, 3.8) is 0 Å². The van der Waals surface area contributed by atoms with Gasteiger partial charge in [-0.25, -0.2) is 4.79 Å². The third kappa shape index (κ3) is 16.4. The standard InChI is InChI=1S/C45H72O12/c1-11-16-35(48)42(54-9)44-45(6,57-44)39(49)21-15-20-38-43(55-10)41(51)32(5)28-31(4)24-26-34(47)37(53-8)19-14-17-29(2)27-30(3)23-25-33(46)36(52-7)18-12-13-22-40(50)56-38/h12-13,15,18,20,22-29,32-39,41-44,46-49,51H,11,14,16-17,19,21H2,1-10H3/b18-12+,20-15+,22-13+,25-23+,26-24+,30-27+,31-28+/t29?,32-,33-,34-,35+,36-,37-,38+,39+,41+,42-,43+,44-,45-/m1/s1. The molecular formula is C45H72O12. The molecule has 1 fully saturated rings. The number of allylic oxidation sites excluding steroid dienone is 7.